The van der Waals surface area contributed by atoms with E-state index in [2.05, 4.69) is 15.9 Å². The van der Waals surface area contributed by atoms with Gasteiger partial charge >= 0.3 is 0 Å². The van der Waals surface area contributed by atoms with Crippen molar-refractivity contribution in [1.82, 2.24) is 0 Å². The molecule has 0 spiro atoms. The van der Waals surface area contributed by atoms with E-state index in [-0.39, 0.29) is 5.91 Å². The average Bonchev–Trinajstić information content (AvgIpc) is 3.11. The maximum absolute atomic E-state index is 11.6. The monoisotopic (exact) mass is 259 g/mol. The SMILES string of the molecule is NC(=O)c1ccc(N2CCCC2)cc1N1CCCC1. The van der Waals surface area contributed by atoms with Crippen LogP contribution in [0.15, 0.2) is 18.2 Å². The van der Waals surface area contributed by atoms with Crippen molar-refractivity contribution in [2.75, 3.05) is 36.0 Å². The van der Waals surface area contributed by atoms with Crippen LogP contribution in [-0.2, 0) is 0 Å². The summed E-state index contributed by atoms with van der Waals surface area (Å²) in [5.41, 5.74) is 8.41. The van der Waals surface area contributed by atoms with Gasteiger partial charge < -0.3 is 15.5 Å². The molecule has 0 atom stereocenters. The molecule has 2 heterocycles. The van der Waals surface area contributed by atoms with Gasteiger partial charge in [-0.05, 0) is 43.9 Å². The van der Waals surface area contributed by atoms with E-state index in [9.17, 15) is 4.79 Å². The molecule has 3 rings (SSSR count). The van der Waals surface area contributed by atoms with Crippen LogP contribution >= 0.6 is 0 Å². The van der Waals surface area contributed by atoms with Gasteiger partial charge in [0.15, 0.2) is 0 Å². The van der Waals surface area contributed by atoms with Crippen LogP contribution in [0.25, 0.3) is 0 Å². The average molecular weight is 259 g/mol. The summed E-state index contributed by atoms with van der Waals surface area (Å²) >= 11 is 0. The third-order valence-electron chi connectivity index (χ3n) is 4.16. The second kappa shape index (κ2) is 5.11. The molecule has 0 aliphatic carbocycles. The van der Waals surface area contributed by atoms with Crippen LogP contribution in [0.2, 0.25) is 0 Å². The highest BCUT2D eigenvalue weighted by molar-refractivity contribution is 5.99. The third kappa shape index (κ3) is 2.39. The smallest absolute Gasteiger partial charge is 0.250 e. The topological polar surface area (TPSA) is 49.6 Å². The quantitative estimate of drug-likeness (QED) is 0.903. The van der Waals surface area contributed by atoms with Crippen LogP contribution in [0, 0.1) is 0 Å². The normalized spacial score (nSPS) is 19.2. The number of primary amides is 1. The third-order valence-corrected chi connectivity index (χ3v) is 4.16. The largest absolute Gasteiger partial charge is 0.371 e. The first kappa shape index (κ1) is 12.3. The summed E-state index contributed by atoms with van der Waals surface area (Å²) in [5, 5.41) is 0. The van der Waals surface area contributed by atoms with E-state index in [4.69, 9.17) is 5.73 Å². The number of amides is 1. The molecule has 0 bridgehead atoms. The van der Waals surface area contributed by atoms with E-state index >= 15 is 0 Å². The Bertz CT molecular complexity index is 474. The van der Waals surface area contributed by atoms with Crippen LogP contribution in [0.5, 0.6) is 0 Å². The van der Waals surface area contributed by atoms with Gasteiger partial charge in [0.25, 0.3) is 5.91 Å². The highest BCUT2D eigenvalue weighted by atomic mass is 16.1. The van der Waals surface area contributed by atoms with E-state index in [1.54, 1.807) is 0 Å². The molecule has 2 N–H and O–H groups in total. The van der Waals surface area contributed by atoms with Gasteiger partial charge in [0.1, 0.15) is 0 Å². The first-order valence-electron chi connectivity index (χ1n) is 7.19. The summed E-state index contributed by atoms with van der Waals surface area (Å²) in [7, 11) is 0. The summed E-state index contributed by atoms with van der Waals surface area (Å²) < 4.78 is 0. The maximum Gasteiger partial charge on any atom is 0.250 e. The van der Waals surface area contributed by atoms with E-state index in [1.807, 2.05) is 12.1 Å². The van der Waals surface area contributed by atoms with Crippen molar-refractivity contribution in [2.24, 2.45) is 5.73 Å². The Morgan fingerprint density at radius 2 is 1.53 bits per heavy atom. The summed E-state index contributed by atoms with van der Waals surface area (Å²) in [6.45, 7) is 4.30. The van der Waals surface area contributed by atoms with Gasteiger partial charge in [0.2, 0.25) is 0 Å². The van der Waals surface area contributed by atoms with Gasteiger partial charge in [-0.1, -0.05) is 0 Å². The fourth-order valence-electron chi connectivity index (χ4n) is 3.12. The number of hydrogen-bond acceptors (Lipinski definition) is 3. The molecule has 2 aliphatic heterocycles. The van der Waals surface area contributed by atoms with E-state index in [0.717, 1.165) is 31.9 Å². The molecule has 2 fully saturated rings. The van der Waals surface area contributed by atoms with Crippen molar-refractivity contribution in [3.05, 3.63) is 23.8 Å². The van der Waals surface area contributed by atoms with Crippen molar-refractivity contribution in [2.45, 2.75) is 25.7 Å². The molecule has 4 heteroatoms. The van der Waals surface area contributed by atoms with Gasteiger partial charge in [0, 0.05) is 31.9 Å². The van der Waals surface area contributed by atoms with Crippen molar-refractivity contribution in [3.8, 4) is 0 Å². The van der Waals surface area contributed by atoms with Gasteiger partial charge in [-0.25, -0.2) is 0 Å². The highest BCUT2D eigenvalue weighted by Gasteiger charge is 2.21. The predicted octanol–water partition coefficient (Wildman–Crippen LogP) is 1.99. The zero-order valence-electron chi connectivity index (χ0n) is 11.3. The molecule has 1 amide bonds. The maximum atomic E-state index is 11.6. The molecule has 1 aromatic carbocycles. The number of rotatable bonds is 3. The van der Waals surface area contributed by atoms with Crippen molar-refractivity contribution in [3.63, 3.8) is 0 Å². The second-order valence-electron chi connectivity index (χ2n) is 5.45. The summed E-state index contributed by atoms with van der Waals surface area (Å²) in [5.74, 6) is -0.324. The number of nitrogens with zero attached hydrogens (tertiary/aromatic N) is 2. The van der Waals surface area contributed by atoms with Crippen LogP contribution in [0.1, 0.15) is 36.0 Å². The number of carbonyl (C=O) groups is 1. The minimum Gasteiger partial charge on any atom is -0.371 e. The van der Waals surface area contributed by atoms with Crippen molar-refractivity contribution < 1.29 is 4.79 Å². The van der Waals surface area contributed by atoms with Gasteiger partial charge in [-0.2, -0.15) is 0 Å². The lowest BCUT2D eigenvalue weighted by Gasteiger charge is -2.24. The number of hydrogen-bond donors (Lipinski definition) is 1. The predicted molar refractivity (Wildman–Crippen MR) is 77.9 cm³/mol. The fourth-order valence-corrected chi connectivity index (χ4v) is 3.12. The van der Waals surface area contributed by atoms with E-state index in [1.165, 1.54) is 31.4 Å². The lowest BCUT2D eigenvalue weighted by molar-refractivity contribution is 0.100. The van der Waals surface area contributed by atoms with Crippen molar-refractivity contribution in [1.29, 1.82) is 0 Å². The van der Waals surface area contributed by atoms with Crippen LogP contribution in [0.3, 0.4) is 0 Å². The first-order valence-corrected chi connectivity index (χ1v) is 7.19. The lowest BCUT2D eigenvalue weighted by Crippen LogP contribution is -2.24. The molecule has 0 saturated carbocycles. The fraction of sp³-hybridized carbons (Fsp3) is 0.533. The molecule has 2 aliphatic rings. The van der Waals surface area contributed by atoms with E-state index < -0.39 is 0 Å². The Labute approximate surface area is 114 Å². The Hall–Kier alpha value is -1.71. The van der Waals surface area contributed by atoms with Gasteiger partial charge in [0.05, 0.1) is 11.3 Å². The zero-order chi connectivity index (χ0) is 13.2. The lowest BCUT2D eigenvalue weighted by atomic mass is 10.1. The Kier molecular flexibility index (Phi) is 3.32. The summed E-state index contributed by atoms with van der Waals surface area (Å²) in [4.78, 5) is 16.3. The Balaban J connectivity index is 1.96. The second-order valence-corrected chi connectivity index (χ2v) is 5.45. The number of nitrogens with two attached hydrogens (primary N) is 1. The summed E-state index contributed by atoms with van der Waals surface area (Å²) in [6.07, 6.45) is 4.92. The highest BCUT2D eigenvalue weighted by Crippen LogP contribution is 2.30. The van der Waals surface area contributed by atoms with Crippen LogP contribution < -0.4 is 15.5 Å². The van der Waals surface area contributed by atoms with Crippen molar-refractivity contribution >= 4 is 17.3 Å². The molecule has 2 saturated heterocycles. The molecule has 0 unspecified atom stereocenters. The number of anilines is 2. The molecule has 0 aromatic heterocycles. The molecule has 19 heavy (non-hydrogen) atoms. The minimum absolute atomic E-state index is 0.324. The van der Waals surface area contributed by atoms with Crippen LogP contribution in [0.4, 0.5) is 11.4 Å². The molecule has 1 aromatic rings. The standard InChI is InChI=1S/C15H21N3O/c16-15(19)13-6-5-12(17-7-1-2-8-17)11-14(13)18-9-3-4-10-18/h5-6,11H,1-4,7-10H2,(H2,16,19). The van der Waals surface area contributed by atoms with Crippen LogP contribution in [-0.4, -0.2) is 32.1 Å². The summed E-state index contributed by atoms with van der Waals surface area (Å²) in [6, 6.07) is 6.07. The Morgan fingerprint density at radius 1 is 0.947 bits per heavy atom. The number of carbonyl (C=O) groups excluding carboxylic acids is 1. The van der Waals surface area contributed by atoms with Gasteiger partial charge in [-0.15, -0.1) is 0 Å². The molecule has 4 nitrogen and oxygen atoms in total. The molecule has 102 valence electrons. The minimum atomic E-state index is -0.324. The number of benzene rings is 1. The molecule has 0 radical (unpaired) electrons. The molecular weight excluding hydrogens is 238 g/mol. The Morgan fingerprint density at radius 3 is 2.11 bits per heavy atom. The van der Waals surface area contributed by atoms with E-state index in [0.29, 0.717) is 5.56 Å². The zero-order valence-corrected chi connectivity index (χ0v) is 11.3. The van der Waals surface area contributed by atoms with Gasteiger partial charge in [-0.3, -0.25) is 4.79 Å². The first-order chi connectivity index (χ1) is 9.25. The molecular formula is C15H21N3O.